The lowest BCUT2D eigenvalue weighted by atomic mass is 9.72. The van der Waals surface area contributed by atoms with E-state index in [1.54, 1.807) is 24.9 Å². The Morgan fingerprint density at radius 1 is 0.800 bits per heavy atom. The molecule has 0 saturated carbocycles. The van der Waals surface area contributed by atoms with Gasteiger partial charge in [0.25, 0.3) is 0 Å². The monoisotopic (exact) mass is 780 g/mol. The number of unbranched alkanes of at least 4 members (excludes halogenated alkanes) is 2. The maximum Gasteiger partial charge on any atom is 0.573 e. The van der Waals surface area contributed by atoms with E-state index in [2.05, 4.69) is 80.9 Å². The number of rotatable bonds is 16. The molecular weight excluding hydrogens is 741 g/mol. The zero-order valence-corrected chi connectivity index (χ0v) is 31.9. The number of para-hydroxylation sites is 1. The van der Waals surface area contributed by atoms with Gasteiger partial charge in [-0.25, -0.2) is 0 Å². The van der Waals surface area contributed by atoms with Crippen LogP contribution in [0, 0.1) is 0 Å². The Labute approximate surface area is 328 Å². The summed E-state index contributed by atoms with van der Waals surface area (Å²) in [5.41, 5.74) is 8.19. The topological polar surface area (TPSA) is 61.2 Å². The number of methoxy groups -OCH3 is 1. The average molecular weight is 781 g/mol. The Kier molecular flexibility index (Phi) is 11.5. The van der Waals surface area contributed by atoms with Crippen molar-refractivity contribution in [1.82, 2.24) is 20.1 Å². The molecule has 1 heterocycles. The first-order chi connectivity index (χ1) is 26.7. The third-order valence-corrected chi connectivity index (χ3v) is 11.3. The summed E-state index contributed by atoms with van der Waals surface area (Å²) in [7, 11) is 1.68. The molecule has 0 bridgehead atoms. The van der Waals surface area contributed by atoms with Crippen LogP contribution in [0.25, 0.3) is 28.2 Å². The number of allylic oxidation sites excluding steroid dienone is 1. The van der Waals surface area contributed by atoms with Crippen molar-refractivity contribution in [2.45, 2.75) is 49.0 Å². The zero-order chi connectivity index (χ0) is 38.4. The first kappa shape index (κ1) is 38.1. The van der Waals surface area contributed by atoms with Crippen molar-refractivity contribution in [2.75, 3.05) is 19.4 Å². The summed E-state index contributed by atoms with van der Waals surface area (Å²) in [6, 6.07) is 38.5. The first-order valence-corrected chi connectivity index (χ1v) is 19.5. The molecule has 1 aliphatic rings. The van der Waals surface area contributed by atoms with E-state index in [0.29, 0.717) is 27.3 Å². The van der Waals surface area contributed by atoms with Crippen molar-refractivity contribution in [3.63, 3.8) is 0 Å². The third kappa shape index (κ3) is 8.26. The summed E-state index contributed by atoms with van der Waals surface area (Å²) in [6.07, 6.45) is -0.149. The molecule has 0 saturated heterocycles. The maximum absolute atomic E-state index is 12.8. The van der Waals surface area contributed by atoms with Crippen LogP contribution in [-0.4, -0.2) is 40.5 Å². The molecule has 11 heteroatoms. The fourth-order valence-electron chi connectivity index (χ4n) is 7.41. The van der Waals surface area contributed by atoms with Gasteiger partial charge in [-0.05, 0) is 95.6 Å². The Bertz CT molecular complexity index is 2210. The van der Waals surface area contributed by atoms with E-state index in [1.807, 2.05) is 34.9 Å². The van der Waals surface area contributed by atoms with Crippen LogP contribution in [0.3, 0.4) is 0 Å². The van der Waals surface area contributed by atoms with Crippen LogP contribution in [0.15, 0.2) is 139 Å². The van der Waals surface area contributed by atoms with Gasteiger partial charge in [0.2, 0.25) is 0 Å². The van der Waals surface area contributed by atoms with E-state index >= 15 is 0 Å². The number of halogens is 4. The summed E-state index contributed by atoms with van der Waals surface area (Å²) in [6.45, 7) is 5.45. The fraction of sp³-hybridized carbons (Fsp3) is 0.227. The molecule has 6 nitrogen and oxygen atoms in total. The molecule has 1 N–H and O–H groups in total. The van der Waals surface area contributed by atoms with E-state index < -0.39 is 6.36 Å². The van der Waals surface area contributed by atoms with E-state index in [9.17, 15) is 13.2 Å². The lowest BCUT2D eigenvalue weighted by Gasteiger charge is -2.35. The quantitative estimate of drug-likeness (QED) is 0.0780. The number of ether oxygens (including phenoxy) is 2. The molecular formula is C44H40ClF3N4O2S. The van der Waals surface area contributed by atoms with Gasteiger partial charge in [-0.3, -0.25) is 4.57 Å². The molecule has 0 fully saturated rings. The summed E-state index contributed by atoms with van der Waals surface area (Å²) in [4.78, 5) is 0. The predicted molar refractivity (Wildman–Crippen MR) is 214 cm³/mol. The average Bonchev–Trinajstić information content (AvgIpc) is 3.74. The SMILES string of the molecule is C=C(NCCc1ccc(OC)cc1)C1(CCCCCSc2nnc(-c3ccc(OC(F)(F)F)cc3)n2-c2ccccc2Cl)c2ccccc2-c2ccccc21. The van der Waals surface area contributed by atoms with Crippen molar-refractivity contribution in [1.29, 1.82) is 0 Å². The third-order valence-electron chi connectivity index (χ3n) is 9.99. The van der Waals surface area contributed by atoms with Gasteiger partial charge in [-0.2, -0.15) is 0 Å². The van der Waals surface area contributed by atoms with Crippen LogP contribution >= 0.6 is 23.4 Å². The van der Waals surface area contributed by atoms with Gasteiger partial charge in [0, 0.05) is 23.6 Å². The van der Waals surface area contributed by atoms with Gasteiger partial charge in [-0.1, -0.05) is 116 Å². The van der Waals surface area contributed by atoms with E-state index in [1.165, 1.54) is 52.1 Å². The minimum atomic E-state index is -4.78. The van der Waals surface area contributed by atoms with Crippen LogP contribution < -0.4 is 14.8 Å². The second-order valence-corrected chi connectivity index (χ2v) is 14.8. The number of nitrogens with one attached hydrogen (secondary N) is 1. The van der Waals surface area contributed by atoms with Gasteiger partial charge in [0.05, 0.1) is 23.2 Å². The van der Waals surface area contributed by atoms with E-state index in [-0.39, 0.29) is 11.2 Å². The highest BCUT2D eigenvalue weighted by atomic mass is 35.5. The molecule has 5 aromatic carbocycles. The van der Waals surface area contributed by atoms with Gasteiger partial charge in [0.1, 0.15) is 11.5 Å². The minimum absolute atomic E-state index is 0.311. The van der Waals surface area contributed by atoms with Crippen LogP contribution in [0.2, 0.25) is 5.02 Å². The molecule has 55 heavy (non-hydrogen) atoms. The number of thioether (sulfide) groups is 1. The Morgan fingerprint density at radius 3 is 2.09 bits per heavy atom. The molecule has 0 aliphatic heterocycles. The fourth-order valence-corrected chi connectivity index (χ4v) is 8.57. The standard InChI is InChI=1S/C44H40ClF3N4O2S/c1-30(49-28-26-31-18-22-33(53-2)23-19-31)43(37-14-6-4-12-35(37)36-13-5-7-15-38(36)43)27-10-3-11-29-55-42-51-50-41(52(42)40-17-9-8-16-39(40)45)32-20-24-34(25-21-32)54-44(46,47)48/h4-9,12-25,49H,1,3,10-11,26-29H2,2H3. The number of hydrogen-bond acceptors (Lipinski definition) is 6. The van der Waals surface area contributed by atoms with Gasteiger partial charge < -0.3 is 14.8 Å². The maximum atomic E-state index is 12.8. The predicted octanol–water partition coefficient (Wildman–Crippen LogP) is 11.5. The summed E-state index contributed by atoms with van der Waals surface area (Å²) in [5.74, 6) is 1.78. The second-order valence-electron chi connectivity index (χ2n) is 13.3. The Morgan fingerprint density at radius 2 is 1.44 bits per heavy atom. The van der Waals surface area contributed by atoms with Crippen LogP contribution in [0.1, 0.15) is 42.4 Å². The first-order valence-electron chi connectivity index (χ1n) is 18.1. The van der Waals surface area contributed by atoms with Gasteiger partial charge >= 0.3 is 6.36 Å². The molecule has 0 unspecified atom stereocenters. The van der Waals surface area contributed by atoms with Crippen molar-refractivity contribution in [3.8, 4) is 39.7 Å². The van der Waals surface area contributed by atoms with Crippen molar-refractivity contribution in [3.05, 3.63) is 155 Å². The van der Waals surface area contributed by atoms with Crippen molar-refractivity contribution < 1.29 is 22.6 Å². The van der Waals surface area contributed by atoms with Crippen molar-refractivity contribution >= 4 is 23.4 Å². The Balaban J connectivity index is 1.05. The molecule has 7 rings (SSSR count). The zero-order valence-electron chi connectivity index (χ0n) is 30.3. The summed E-state index contributed by atoms with van der Waals surface area (Å²) < 4.78 is 49.6. The number of aromatic nitrogens is 3. The van der Waals surface area contributed by atoms with Gasteiger partial charge in [0.15, 0.2) is 11.0 Å². The molecule has 0 spiro atoms. The van der Waals surface area contributed by atoms with Gasteiger partial charge in [-0.15, -0.1) is 23.4 Å². The lowest BCUT2D eigenvalue weighted by Crippen LogP contribution is -2.36. The van der Waals surface area contributed by atoms with E-state index in [4.69, 9.17) is 22.9 Å². The largest absolute Gasteiger partial charge is 0.573 e. The number of benzene rings is 5. The van der Waals surface area contributed by atoms with Crippen LogP contribution in [0.4, 0.5) is 13.2 Å². The highest BCUT2D eigenvalue weighted by molar-refractivity contribution is 7.99. The summed E-state index contributed by atoms with van der Waals surface area (Å²) in [5, 5.41) is 13.8. The lowest BCUT2D eigenvalue weighted by molar-refractivity contribution is -0.274. The molecule has 0 radical (unpaired) electrons. The molecule has 1 aliphatic carbocycles. The second kappa shape index (κ2) is 16.7. The molecule has 1 aromatic heterocycles. The minimum Gasteiger partial charge on any atom is -0.497 e. The highest BCUT2D eigenvalue weighted by Crippen LogP contribution is 2.54. The Hall–Kier alpha value is -5.19. The normalized spacial score (nSPS) is 12.9. The highest BCUT2D eigenvalue weighted by Gasteiger charge is 2.44. The van der Waals surface area contributed by atoms with Crippen LogP contribution in [0.5, 0.6) is 11.5 Å². The summed E-state index contributed by atoms with van der Waals surface area (Å²) >= 11 is 8.22. The number of fused-ring (bicyclic) bond motifs is 3. The smallest absolute Gasteiger partial charge is 0.497 e. The molecule has 6 aromatic rings. The van der Waals surface area contributed by atoms with Crippen LogP contribution in [-0.2, 0) is 11.8 Å². The number of hydrogen-bond donors (Lipinski definition) is 1. The van der Waals surface area contributed by atoms with E-state index in [0.717, 1.165) is 55.8 Å². The number of alkyl halides is 3. The molecule has 0 atom stereocenters. The molecule has 282 valence electrons. The van der Waals surface area contributed by atoms with Crippen molar-refractivity contribution in [2.24, 2.45) is 0 Å². The number of nitrogens with zero attached hydrogens (tertiary/aromatic N) is 3. The molecule has 0 amide bonds.